The molecule has 1 N–H and O–H groups in total. The zero-order valence-electron chi connectivity index (χ0n) is 7.07. The van der Waals surface area contributed by atoms with Crippen molar-refractivity contribution in [2.24, 2.45) is 5.92 Å². The molecule has 1 atom stereocenters. The molecule has 0 aromatic rings. The quantitative estimate of drug-likeness (QED) is 0.578. The fraction of sp³-hybridized carbons (Fsp3) is 0.273. The van der Waals surface area contributed by atoms with Crippen LogP contribution in [-0.2, 0) is 0 Å². The summed E-state index contributed by atoms with van der Waals surface area (Å²) in [7, 11) is 0. The lowest BCUT2D eigenvalue weighted by Crippen LogP contribution is -2.13. The molecule has 0 aromatic carbocycles. The van der Waals surface area contributed by atoms with Crippen LogP contribution in [0.4, 0.5) is 0 Å². The van der Waals surface area contributed by atoms with Crippen molar-refractivity contribution < 1.29 is 5.11 Å². The van der Waals surface area contributed by atoms with E-state index in [0.717, 1.165) is 0 Å². The largest absolute Gasteiger partial charge is 0.379 e. The molecule has 12 heavy (non-hydrogen) atoms. The van der Waals surface area contributed by atoms with E-state index in [0.29, 0.717) is 0 Å². The summed E-state index contributed by atoms with van der Waals surface area (Å²) in [6.45, 7) is 1.73. The molecule has 0 bridgehead atoms. The minimum absolute atomic E-state index is 0.0208. The Kier molecular flexibility index (Phi) is 3.37. The van der Waals surface area contributed by atoms with E-state index in [4.69, 9.17) is 0 Å². The number of rotatable bonds is 1. The Morgan fingerprint density at radius 2 is 1.75 bits per heavy atom. The average Bonchev–Trinajstić information content (AvgIpc) is 2.32. The minimum Gasteiger partial charge on any atom is -0.379 e. The number of hydrogen-bond donors (Lipinski definition) is 1. The molecule has 0 aromatic heterocycles. The van der Waals surface area contributed by atoms with Gasteiger partial charge >= 0.3 is 0 Å². The van der Waals surface area contributed by atoms with Crippen LogP contribution in [-0.4, -0.2) is 11.2 Å². The lowest BCUT2D eigenvalue weighted by atomic mass is 10.0. The van der Waals surface area contributed by atoms with Gasteiger partial charge in [-0.3, -0.25) is 0 Å². The van der Waals surface area contributed by atoms with E-state index in [-0.39, 0.29) is 5.92 Å². The van der Waals surface area contributed by atoms with Crippen molar-refractivity contribution in [2.75, 3.05) is 0 Å². The van der Waals surface area contributed by atoms with E-state index in [2.05, 4.69) is 11.8 Å². The van der Waals surface area contributed by atoms with Gasteiger partial charge in [-0.05, 0) is 6.92 Å². The third-order valence-electron chi connectivity index (χ3n) is 1.66. The van der Waals surface area contributed by atoms with E-state index in [1.165, 1.54) is 0 Å². The van der Waals surface area contributed by atoms with Crippen LogP contribution in [0.5, 0.6) is 0 Å². The third kappa shape index (κ3) is 2.41. The second kappa shape index (κ2) is 4.58. The highest BCUT2D eigenvalue weighted by molar-refractivity contribution is 5.23. The summed E-state index contributed by atoms with van der Waals surface area (Å²) in [5, 5.41) is 9.50. The average molecular weight is 160 g/mol. The van der Waals surface area contributed by atoms with Crippen molar-refractivity contribution in [3.63, 3.8) is 0 Å². The van der Waals surface area contributed by atoms with E-state index >= 15 is 0 Å². The lowest BCUT2D eigenvalue weighted by molar-refractivity contribution is 0.206. The lowest BCUT2D eigenvalue weighted by Gasteiger charge is -2.08. The highest BCUT2D eigenvalue weighted by Crippen LogP contribution is 2.10. The van der Waals surface area contributed by atoms with Gasteiger partial charge in [0, 0.05) is 5.92 Å². The highest BCUT2D eigenvalue weighted by Gasteiger charge is 2.09. The molecular weight excluding hydrogens is 148 g/mol. The summed E-state index contributed by atoms with van der Waals surface area (Å²) in [6, 6.07) is 0. The predicted octanol–water partition coefficient (Wildman–Crippen LogP) is 1.67. The van der Waals surface area contributed by atoms with Gasteiger partial charge in [0.05, 0.1) is 0 Å². The second-order valence-corrected chi connectivity index (χ2v) is 2.57. The van der Waals surface area contributed by atoms with Crippen LogP contribution in [0.1, 0.15) is 6.92 Å². The molecule has 0 radical (unpaired) electrons. The molecule has 1 rings (SSSR count). The number of aliphatic hydroxyl groups excluding tert-OH is 1. The van der Waals surface area contributed by atoms with Crippen LogP contribution in [0.2, 0.25) is 0 Å². The fourth-order valence-electron chi connectivity index (χ4n) is 1.03. The molecule has 0 fully saturated rings. The minimum atomic E-state index is -0.581. The van der Waals surface area contributed by atoms with E-state index in [1.807, 2.05) is 36.5 Å². The van der Waals surface area contributed by atoms with Crippen LogP contribution in [0.15, 0.2) is 36.5 Å². The van der Waals surface area contributed by atoms with Crippen LogP contribution in [0, 0.1) is 17.8 Å². The SMILES string of the molecule is CC#CC(O)C1C=CC=CC=C1. The van der Waals surface area contributed by atoms with Gasteiger partial charge in [0.25, 0.3) is 0 Å². The molecular formula is C11H12O. The summed E-state index contributed by atoms with van der Waals surface area (Å²) in [4.78, 5) is 0. The first-order valence-electron chi connectivity index (χ1n) is 3.96. The molecule has 1 nitrogen and oxygen atoms in total. The molecule has 1 aliphatic rings. The maximum absolute atomic E-state index is 9.50. The van der Waals surface area contributed by atoms with Gasteiger partial charge in [0.2, 0.25) is 0 Å². The third-order valence-corrected chi connectivity index (χ3v) is 1.66. The first-order chi connectivity index (χ1) is 5.84. The maximum atomic E-state index is 9.50. The molecule has 0 aliphatic heterocycles. The zero-order valence-corrected chi connectivity index (χ0v) is 7.07. The van der Waals surface area contributed by atoms with E-state index in [9.17, 15) is 5.11 Å². The molecule has 0 amide bonds. The molecule has 0 saturated carbocycles. The summed E-state index contributed by atoms with van der Waals surface area (Å²) in [5.41, 5.74) is 0. The Balaban J connectivity index is 2.67. The normalized spacial score (nSPS) is 18.2. The van der Waals surface area contributed by atoms with Gasteiger partial charge in [0.15, 0.2) is 0 Å². The van der Waals surface area contributed by atoms with Crippen molar-refractivity contribution in [3.8, 4) is 11.8 Å². The zero-order chi connectivity index (χ0) is 8.81. The van der Waals surface area contributed by atoms with Crippen LogP contribution >= 0.6 is 0 Å². The van der Waals surface area contributed by atoms with Gasteiger partial charge in [-0.15, -0.1) is 5.92 Å². The Hall–Kier alpha value is -1.26. The van der Waals surface area contributed by atoms with Gasteiger partial charge in [-0.25, -0.2) is 0 Å². The predicted molar refractivity (Wildman–Crippen MR) is 50.4 cm³/mol. The standard InChI is InChI=1S/C11H12O/c1-2-7-11(12)10-8-5-3-4-6-9-10/h3-6,8-12H,1H3. The van der Waals surface area contributed by atoms with E-state index < -0.39 is 6.10 Å². The van der Waals surface area contributed by atoms with Crippen molar-refractivity contribution in [3.05, 3.63) is 36.5 Å². The summed E-state index contributed by atoms with van der Waals surface area (Å²) in [6.07, 6.45) is 11.0. The Morgan fingerprint density at radius 1 is 1.17 bits per heavy atom. The molecule has 0 heterocycles. The van der Waals surface area contributed by atoms with E-state index in [1.54, 1.807) is 6.92 Å². The van der Waals surface area contributed by atoms with Gasteiger partial charge in [0.1, 0.15) is 6.10 Å². The smallest absolute Gasteiger partial charge is 0.124 e. The Morgan fingerprint density at radius 3 is 2.25 bits per heavy atom. The highest BCUT2D eigenvalue weighted by atomic mass is 16.3. The monoisotopic (exact) mass is 160 g/mol. The summed E-state index contributed by atoms with van der Waals surface area (Å²) in [5.74, 6) is 5.44. The van der Waals surface area contributed by atoms with Crippen molar-refractivity contribution >= 4 is 0 Å². The van der Waals surface area contributed by atoms with Crippen LogP contribution in [0.25, 0.3) is 0 Å². The molecule has 0 spiro atoms. The summed E-state index contributed by atoms with van der Waals surface area (Å²) < 4.78 is 0. The first-order valence-corrected chi connectivity index (χ1v) is 3.96. The van der Waals surface area contributed by atoms with Crippen LogP contribution < -0.4 is 0 Å². The number of allylic oxidation sites excluding steroid dienone is 4. The van der Waals surface area contributed by atoms with Crippen molar-refractivity contribution in [2.45, 2.75) is 13.0 Å². The molecule has 62 valence electrons. The Bertz CT molecular complexity index is 257. The van der Waals surface area contributed by atoms with Gasteiger partial charge in [-0.1, -0.05) is 42.4 Å². The van der Waals surface area contributed by atoms with Crippen LogP contribution in [0.3, 0.4) is 0 Å². The van der Waals surface area contributed by atoms with Crippen molar-refractivity contribution in [1.82, 2.24) is 0 Å². The van der Waals surface area contributed by atoms with Gasteiger partial charge in [-0.2, -0.15) is 0 Å². The Labute approximate surface area is 73.1 Å². The molecule has 1 aliphatic carbocycles. The molecule has 1 unspecified atom stereocenters. The number of hydrogen-bond acceptors (Lipinski definition) is 1. The second-order valence-electron chi connectivity index (χ2n) is 2.57. The summed E-state index contributed by atoms with van der Waals surface area (Å²) >= 11 is 0. The maximum Gasteiger partial charge on any atom is 0.124 e. The van der Waals surface area contributed by atoms with Crippen molar-refractivity contribution in [1.29, 1.82) is 0 Å². The fourth-order valence-corrected chi connectivity index (χ4v) is 1.03. The topological polar surface area (TPSA) is 20.2 Å². The molecule has 1 heteroatoms. The first kappa shape index (κ1) is 8.83. The van der Waals surface area contributed by atoms with Gasteiger partial charge < -0.3 is 5.11 Å². The molecule has 0 saturated heterocycles. The number of aliphatic hydroxyl groups is 1.